The second kappa shape index (κ2) is 7.31. The number of halogens is 1. The first-order chi connectivity index (χ1) is 9.54. The summed E-state index contributed by atoms with van der Waals surface area (Å²) in [5, 5.41) is 10.2. The van der Waals surface area contributed by atoms with Crippen molar-refractivity contribution in [2.45, 2.75) is 6.10 Å². The molecule has 112 valence electrons. The van der Waals surface area contributed by atoms with Crippen molar-refractivity contribution < 1.29 is 5.11 Å². The number of aliphatic hydroxyl groups is 1. The van der Waals surface area contributed by atoms with Crippen molar-refractivity contribution in [3.63, 3.8) is 0 Å². The number of nitrogens with zero attached hydrogens (tertiary/aromatic N) is 5. The molecule has 1 saturated heterocycles. The van der Waals surface area contributed by atoms with Gasteiger partial charge in [0.05, 0.1) is 10.6 Å². The molecule has 6 nitrogen and oxygen atoms in total. The molecule has 20 heavy (non-hydrogen) atoms. The molecule has 0 amide bonds. The highest BCUT2D eigenvalue weighted by Crippen LogP contribution is 2.10. The zero-order valence-electron chi connectivity index (χ0n) is 12.0. The number of β-amino-alcohol motifs (C(OH)–C–C–N with tert-alkyl or cyclic N) is 1. The Bertz CT molecular complexity index is 408. The van der Waals surface area contributed by atoms with Crippen LogP contribution in [0.15, 0.2) is 16.9 Å². The highest BCUT2D eigenvalue weighted by Gasteiger charge is 2.18. The first-order valence-electron chi connectivity index (χ1n) is 6.82. The molecule has 1 atom stereocenters. The predicted molar refractivity (Wildman–Crippen MR) is 82.9 cm³/mol. The fourth-order valence-electron chi connectivity index (χ4n) is 2.29. The van der Waals surface area contributed by atoms with Gasteiger partial charge in [0.2, 0.25) is 5.95 Å². The van der Waals surface area contributed by atoms with E-state index in [0.29, 0.717) is 19.0 Å². The third-order valence-corrected chi connectivity index (χ3v) is 3.91. The zero-order valence-corrected chi connectivity index (χ0v) is 13.6. The monoisotopic (exact) mass is 343 g/mol. The number of likely N-dealkylation sites (N-methyl/N-ethyl adjacent to an activating group) is 2. The van der Waals surface area contributed by atoms with E-state index in [-0.39, 0.29) is 0 Å². The number of anilines is 1. The molecule has 1 fully saturated rings. The van der Waals surface area contributed by atoms with Crippen LogP contribution in [0.5, 0.6) is 0 Å². The molecular weight excluding hydrogens is 322 g/mol. The van der Waals surface area contributed by atoms with Crippen LogP contribution in [0.4, 0.5) is 5.95 Å². The summed E-state index contributed by atoms with van der Waals surface area (Å²) in [5.41, 5.74) is 0. The first-order valence-corrected chi connectivity index (χ1v) is 7.61. The second-order valence-electron chi connectivity index (χ2n) is 5.34. The van der Waals surface area contributed by atoms with Crippen molar-refractivity contribution in [3.05, 3.63) is 16.9 Å². The van der Waals surface area contributed by atoms with E-state index in [1.54, 1.807) is 12.4 Å². The van der Waals surface area contributed by atoms with E-state index >= 15 is 0 Å². The van der Waals surface area contributed by atoms with Crippen molar-refractivity contribution in [1.82, 2.24) is 19.8 Å². The molecule has 2 rings (SSSR count). The van der Waals surface area contributed by atoms with E-state index < -0.39 is 6.10 Å². The van der Waals surface area contributed by atoms with Crippen molar-refractivity contribution in [3.8, 4) is 0 Å². The number of aliphatic hydroxyl groups excluding tert-OH is 1. The molecule has 1 aromatic heterocycles. The van der Waals surface area contributed by atoms with Crippen LogP contribution in [0.3, 0.4) is 0 Å². The fourth-order valence-corrected chi connectivity index (χ4v) is 2.49. The Hall–Kier alpha value is -0.760. The number of rotatable bonds is 5. The first kappa shape index (κ1) is 15.6. The van der Waals surface area contributed by atoms with Gasteiger partial charge in [0.25, 0.3) is 0 Å². The van der Waals surface area contributed by atoms with Crippen LogP contribution in [0, 0.1) is 0 Å². The van der Waals surface area contributed by atoms with Gasteiger partial charge in [-0.2, -0.15) is 0 Å². The van der Waals surface area contributed by atoms with Gasteiger partial charge in [-0.1, -0.05) is 0 Å². The van der Waals surface area contributed by atoms with E-state index in [4.69, 9.17) is 0 Å². The zero-order chi connectivity index (χ0) is 14.5. The van der Waals surface area contributed by atoms with Crippen molar-refractivity contribution in [2.24, 2.45) is 0 Å². The SMILES string of the molecule is CN1CCN(CC(O)CN(C)c2ncc(Br)cn2)CC1. The fraction of sp³-hybridized carbons (Fsp3) is 0.692. The molecule has 1 N–H and O–H groups in total. The summed E-state index contributed by atoms with van der Waals surface area (Å²) < 4.78 is 0.854. The van der Waals surface area contributed by atoms with Crippen molar-refractivity contribution in [1.29, 1.82) is 0 Å². The number of hydrogen-bond donors (Lipinski definition) is 1. The molecule has 0 aromatic carbocycles. The summed E-state index contributed by atoms with van der Waals surface area (Å²) in [5.74, 6) is 0.630. The van der Waals surface area contributed by atoms with E-state index in [1.807, 2.05) is 11.9 Å². The van der Waals surface area contributed by atoms with Crippen molar-refractivity contribution >= 4 is 21.9 Å². The molecule has 1 unspecified atom stereocenters. The maximum Gasteiger partial charge on any atom is 0.225 e. The van der Waals surface area contributed by atoms with Crippen LogP contribution in [-0.4, -0.2) is 84.3 Å². The molecule has 0 saturated carbocycles. The normalized spacial score (nSPS) is 19.0. The van der Waals surface area contributed by atoms with E-state index in [0.717, 1.165) is 30.7 Å². The minimum absolute atomic E-state index is 0.393. The lowest BCUT2D eigenvalue weighted by Gasteiger charge is -2.34. The second-order valence-corrected chi connectivity index (χ2v) is 6.26. The standard InChI is InChI=1S/C13H22BrN5O/c1-17-3-5-19(6-4-17)10-12(20)9-18(2)13-15-7-11(14)8-16-13/h7-8,12,20H,3-6,9-10H2,1-2H3. The Morgan fingerprint density at radius 2 is 1.90 bits per heavy atom. The molecule has 0 bridgehead atoms. The summed E-state index contributed by atoms with van der Waals surface area (Å²) >= 11 is 3.31. The highest BCUT2D eigenvalue weighted by molar-refractivity contribution is 9.10. The van der Waals surface area contributed by atoms with Gasteiger partial charge < -0.3 is 14.9 Å². The van der Waals surface area contributed by atoms with E-state index in [1.165, 1.54) is 0 Å². The quantitative estimate of drug-likeness (QED) is 0.828. The Morgan fingerprint density at radius 1 is 1.30 bits per heavy atom. The van der Waals surface area contributed by atoms with Crippen LogP contribution in [-0.2, 0) is 0 Å². The van der Waals surface area contributed by atoms with Gasteiger partial charge in [-0.05, 0) is 23.0 Å². The number of hydrogen-bond acceptors (Lipinski definition) is 6. The van der Waals surface area contributed by atoms with Crippen LogP contribution in [0.2, 0.25) is 0 Å². The average molecular weight is 344 g/mol. The van der Waals surface area contributed by atoms with Gasteiger partial charge in [0, 0.05) is 58.7 Å². The summed E-state index contributed by atoms with van der Waals surface area (Å²) in [4.78, 5) is 14.9. The van der Waals surface area contributed by atoms with Gasteiger partial charge in [-0.3, -0.25) is 4.90 Å². The van der Waals surface area contributed by atoms with Crippen LogP contribution >= 0.6 is 15.9 Å². The molecule has 0 radical (unpaired) electrons. The van der Waals surface area contributed by atoms with Crippen LogP contribution in [0.25, 0.3) is 0 Å². The maximum absolute atomic E-state index is 10.2. The van der Waals surface area contributed by atoms with Gasteiger partial charge >= 0.3 is 0 Å². The van der Waals surface area contributed by atoms with Gasteiger partial charge in [-0.25, -0.2) is 9.97 Å². The summed E-state index contributed by atoms with van der Waals surface area (Å²) in [6.45, 7) is 5.41. The minimum Gasteiger partial charge on any atom is -0.390 e. The molecule has 1 aliphatic heterocycles. The van der Waals surface area contributed by atoms with Gasteiger partial charge in [0.15, 0.2) is 0 Å². The summed E-state index contributed by atoms with van der Waals surface area (Å²) in [7, 11) is 4.03. The Balaban J connectivity index is 1.78. The molecule has 2 heterocycles. The third kappa shape index (κ3) is 4.66. The van der Waals surface area contributed by atoms with Crippen molar-refractivity contribution in [2.75, 3.05) is 58.3 Å². The lowest BCUT2D eigenvalue weighted by Crippen LogP contribution is -2.48. The van der Waals surface area contributed by atoms with Crippen LogP contribution < -0.4 is 4.90 Å². The molecule has 0 spiro atoms. The van der Waals surface area contributed by atoms with E-state index in [2.05, 4.69) is 42.7 Å². The highest BCUT2D eigenvalue weighted by atomic mass is 79.9. The minimum atomic E-state index is -0.393. The summed E-state index contributed by atoms with van der Waals surface area (Å²) in [6.07, 6.45) is 3.04. The summed E-state index contributed by atoms with van der Waals surface area (Å²) in [6, 6.07) is 0. The van der Waals surface area contributed by atoms with E-state index in [9.17, 15) is 5.11 Å². The smallest absolute Gasteiger partial charge is 0.225 e. The van der Waals surface area contributed by atoms with Gasteiger partial charge in [0.1, 0.15) is 0 Å². The predicted octanol–water partition coefficient (Wildman–Crippen LogP) is 0.284. The molecule has 0 aliphatic carbocycles. The molecule has 1 aromatic rings. The Morgan fingerprint density at radius 3 is 2.50 bits per heavy atom. The Labute approximate surface area is 128 Å². The number of aromatic nitrogens is 2. The van der Waals surface area contributed by atoms with Gasteiger partial charge in [-0.15, -0.1) is 0 Å². The largest absolute Gasteiger partial charge is 0.390 e. The molecule has 7 heteroatoms. The molecule has 1 aliphatic rings. The molecular formula is C13H22BrN5O. The lowest BCUT2D eigenvalue weighted by atomic mass is 10.2. The van der Waals surface area contributed by atoms with Crippen LogP contribution in [0.1, 0.15) is 0 Å². The maximum atomic E-state index is 10.2. The lowest BCUT2D eigenvalue weighted by molar-refractivity contribution is 0.0841. The Kier molecular flexibility index (Phi) is 5.71. The topological polar surface area (TPSA) is 55.7 Å². The third-order valence-electron chi connectivity index (χ3n) is 3.50. The average Bonchev–Trinajstić information content (AvgIpc) is 2.42. The number of piperazine rings is 1.